The summed E-state index contributed by atoms with van der Waals surface area (Å²) in [5, 5.41) is 2.06. The Balaban J connectivity index is 2.68. The van der Waals surface area contributed by atoms with Crippen molar-refractivity contribution in [3.8, 4) is 5.75 Å². The molecule has 2 nitrogen and oxygen atoms in total. The number of furan rings is 1. The van der Waals surface area contributed by atoms with Gasteiger partial charge in [-0.1, -0.05) is 24.8 Å². The minimum absolute atomic E-state index is 0.644. The van der Waals surface area contributed by atoms with Crippen LogP contribution in [-0.4, -0.2) is 6.61 Å². The summed E-state index contributed by atoms with van der Waals surface area (Å²) < 4.78 is 10.7. The zero-order valence-electron chi connectivity index (χ0n) is 8.12. The van der Waals surface area contributed by atoms with E-state index in [1.165, 1.54) is 0 Å². The van der Waals surface area contributed by atoms with Gasteiger partial charge < -0.3 is 9.15 Å². The van der Waals surface area contributed by atoms with Gasteiger partial charge in [-0.25, -0.2) is 0 Å². The topological polar surface area (TPSA) is 22.4 Å². The Bertz CT molecular complexity index is 454. The zero-order valence-corrected chi connectivity index (χ0v) is 8.12. The van der Waals surface area contributed by atoms with Gasteiger partial charge in [-0.15, -0.1) is 0 Å². The van der Waals surface area contributed by atoms with Gasteiger partial charge in [-0.05, 0) is 6.92 Å². The van der Waals surface area contributed by atoms with Crippen LogP contribution in [0.5, 0.6) is 5.75 Å². The van der Waals surface area contributed by atoms with E-state index >= 15 is 0 Å². The summed E-state index contributed by atoms with van der Waals surface area (Å²) in [5.41, 5.74) is 1.00. The Morgan fingerprint density at radius 3 is 3.00 bits per heavy atom. The molecule has 14 heavy (non-hydrogen) atoms. The van der Waals surface area contributed by atoms with Crippen molar-refractivity contribution in [2.75, 3.05) is 6.61 Å². The molecule has 2 rings (SSSR count). The van der Waals surface area contributed by atoms with Gasteiger partial charge in [-0.2, -0.15) is 0 Å². The number of benzene rings is 1. The largest absolute Gasteiger partial charge is 0.492 e. The molecule has 72 valence electrons. The summed E-state index contributed by atoms with van der Waals surface area (Å²) >= 11 is 0. The summed E-state index contributed by atoms with van der Waals surface area (Å²) in [6.07, 6.45) is 5.20. The molecular formula is C12H12O2. The van der Waals surface area contributed by atoms with Gasteiger partial charge in [0.1, 0.15) is 12.0 Å². The van der Waals surface area contributed by atoms with Crippen molar-refractivity contribution in [1.29, 1.82) is 0 Å². The van der Waals surface area contributed by atoms with Gasteiger partial charge in [0.2, 0.25) is 0 Å². The van der Waals surface area contributed by atoms with Gasteiger partial charge >= 0.3 is 0 Å². The molecule has 2 heteroatoms. The van der Waals surface area contributed by atoms with E-state index in [0.29, 0.717) is 6.61 Å². The molecule has 0 saturated carbocycles. The highest BCUT2D eigenvalue weighted by molar-refractivity contribution is 5.90. The standard InChI is InChI=1S/C12H12O2/c1-3-9-5-6-10-7-13-8-11(10)12(9)14-4-2/h3,5-8H,1,4H2,2H3. The predicted molar refractivity (Wildman–Crippen MR) is 57.5 cm³/mol. The fraction of sp³-hybridized carbons (Fsp3) is 0.167. The van der Waals surface area contributed by atoms with Crippen molar-refractivity contribution in [1.82, 2.24) is 0 Å². The molecule has 0 aliphatic carbocycles. The number of fused-ring (bicyclic) bond motifs is 1. The van der Waals surface area contributed by atoms with Crippen LogP contribution in [0, 0.1) is 0 Å². The van der Waals surface area contributed by atoms with Crippen molar-refractivity contribution in [3.63, 3.8) is 0 Å². The van der Waals surface area contributed by atoms with Crippen LogP contribution < -0.4 is 4.74 Å². The van der Waals surface area contributed by atoms with E-state index in [1.807, 2.05) is 19.1 Å². The Hall–Kier alpha value is -1.70. The number of ether oxygens (including phenoxy) is 1. The lowest BCUT2D eigenvalue weighted by Crippen LogP contribution is -1.93. The van der Waals surface area contributed by atoms with Crippen LogP contribution in [0.3, 0.4) is 0 Å². The second-order valence-electron chi connectivity index (χ2n) is 3.00. The summed E-state index contributed by atoms with van der Waals surface area (Å²) in [6, 6.07) is 3.98. The average Bonchev–Trinajstić information content (AvgIpc) is 2.67. The second-order valence-corrected chi connectivity index (χ2v) is 3.00. The predicted octanol–water partition coefficient (Wildman–Crippen LogP) is 3.47. The lowest BCUT2D eigenvalue weighted by atomic mass is 10.1. The second kappa shape index (κ2) is 3.58. The van der Waals surface area contributed by atoms with Crippen LogP contribution in [0.15, 0.2) is 35.7 Å². The fourth-order valence-electron chi connectivity index (χ4n) is 1.50. The van der Waals surface area contributed by atoms with Gasteiger partial charge in [0, 0.05) is 10.9 Å². The SMILES string of the molecule is C=Cc1ccc2cocc2c1OCC. The highest BCUT2D eigenvalue weighted by Gasteiger charge is 2.07. The number of hydrogen-bond donors (Lipinski definition) is 0. The van der Waals surface area contributed by atoms with Crippen LogP contribution in [0.4, 0.5) is 0 Å². The van der Waals surface area contributed by atoms with Crippen LogP contribution in [0.25, 0.3) is 16.8 Å². The molecule has 1 heterocycles. The first-order chi connectivity index (χ1) is 6.86. The fourth-order valence-corrected chi connectivity index (χ4v) is 1.50. The van der Waals surface area contributed by atoms with E-state index in [0.717, 1.165) is 22.1 Å². The third-order valence-electron chi connectivity index (χ3n) is 2.15. The van der Waals surface area contributed by atoms with Gasteiger partial charge in [0.15, 0.2) is 0 Å². The molecular weight excluding hydrogens is 176 g/mol. The van der Waals surface area contributed by atoms with Gasteiger partial charge in [-0.3, -0.25) is 0 Å². The first-order valence-corrected chi connectivity index (χ1v) is 4.61. The van der Waals surface area contributed by atoms with E-state index < -0.39 is 0 Å². The highest BCUT2D eigenvalue weighted by atomic mass is 16.5. The molecule has 0 unspecified atom stereocenters. The first-order valence-electron chi connectivity index (χ1n) is 4.61. The van der Waals surface area contributed by atoms with Crippen molar-refractivity contribution in [3.05, 3.63) is 36.8 Å². The summed E-state index contributed by atoms with van der Waals surface area (Å²) in [6.45, 7) is 6.36. The molecule has 0 radical (unpaired) electrons. The highest BCUT2D eigenvalue weighted by Crippen LogP contribution is 2.31. The molecule has 2 aromatic rings. The Kier molecular flexibility index (Phi) is 2.27. The minimum atomic E-state index is 0.644. The molecule has 1 aromatic heterocycles. The number of rotatable bonds is 3. The van der Waals surface area contributed by atoms with Crippen LogP contribution in [-0.2, 0) is 0 Å². The maximum absolute atomic E-state index is 5.57. The van der Waals surface area contributed by atoms with Crippen molar-refractivity contribution < 1.29 is 9.15 Å². The minimum Gasteiger partial charge on any atom is -0.492 e. The molecule has 0 bridgehead atoms. The lowest BCUT2D eigenvalue weighted by Gasteiger charge is -2.07. The van der Waals surface area contributed by atoms with E-state index in [-0.39, 0.29) is 0 Å². The van der Waals surface area contributed by atoms with Gasteiger partial charge in [0.25, 0.3) is 0 Å². The van der Waals surface area contributed by atoms with Crippen LogP contribution in [0.1, 0.15) is 12.5 Å². The monoisotopic (exact) mass is 188 g/mol. The lowest BCUT2D eigenvalue weighted by molar-refractivity contribution is 0.343. The molecule has 0 aliphatic rings. The maximum Gasteiger partial charge on any atom is 0.137 e. The average molecular weight is 188 g/mol. The summed E-state index contributed by atoms with van der Waals surface area (Å²) in [7, 11) is 0. The van der Waals surface area contributed by atoms with Crippen molar-refractivity contribution in [2.45, 2.75) is 6.92 Å². The Labute approximate surface area is 82.8 Å². The quantitative estimate of drug-likeness (QED) is 0.735. The van der Waals surface area contributed by atoms with E-state index in [9.17, 15) is 0 Å². The molecule has 0 fully saturated rings. The smallest absolute Gasteiger partial charge is 0.137 e. The Morgan fingerprint density at radius 2 is 2.29 bits per heavy atom. The summed E-state index contributed by atoms with van der Waals surface area (Å²) in [4.78, 5) is 0. The molecule has 0 saturated heterocycles. The summed E-state index contributed by atoms with van der Waals surface area (Å²) in [5.74, 6) is 0.855. The van der Waals surface area contributed by atoms with E-state index in [4.69, 9.17) is 9.15 Å². The van der Waals surface area contributed by atoms with Crippen molar-refractivity contribution in [2.24, 2.45) is 0 Å². The molecule has 1 aromatic carbocycles. The van der Waals surface area contributed by atoms with Crippen LogP contribution >= 0.6 is 0 Å². The van der Waals surface area contributed by atoms with Crippen molar-refractivity contribution >= 4 is 16.8 Å². The van der Waals surface area contributed by atoms with E-state index in [1.54, 1.807) is 18.6 Å². The molecule has 0 atom stereocenters. The maximum atomic E-state index is 5.57. The van der Waals surface area contributed by atoms with Gasteiger partial charge in [0.05, 0.1) is 18.3 Å². The zero-order chi connectivity index (χ0) is 9.97. The molecule has 0 amide bonds. The third kappa shape index (κ3) is 1.29. The Morgan fingerprint density at radius 1 is 1.43 bits per heavy atom. The van der Waals surface area contributed by atoms with E-state index in [2.05, 4.69) is 6.58 Å². The molecule has 0 N–H and O–H groups in total. The first kappa shape index (κ1) is 8.88. The third-order valence-corrected chi connectivity index (χ3v) is 2.15. The normalized spacial score (nSPS) is 10.4. The van der Waals surface area contributed by atoms with Crippen LogP contribution in [0.2, 0.25) is 0 Å². The molecule has 0 aliphatic heterocycles. The molecule has 0 spiro atoms. The number of hydrogen-bond acceptors (Lipinski definition) is 2.